The number of rotatable bonds is 2. The van der Waals surface area contributed by atoms with Crippen LogP contribution in [-0.2, 0) is 0 Å². The van der Waals surface area contributed by atoms with Gasteiger partial charge in [-0.05, 0) is 19.1 Å². The minimum Gasteiger partial charge on any atom is -0.496 e. The van der Waals surface area contributed by atoms with Crippen LogP contribution in [0, 0.1) is 6.92 Å². The number of aromatic nitrogens is 3. The Kier molecular flexibility index (Phi) is 2.79. The normalized spacial score (nSPS) is 12.2. The molecule has 0 saturated carbocycles. The van der Waals surface area contributed by atoms with Crippen LogP contribution in [0.1, 0.15) is 11.4 Å². The zero-order chi connectivity index (χ0) is 13.4. The molecule has 0 spiro atoms. The Bertz CT molecular complexity index is 851. The molecular formula is C13H11N3O2S. The van der Waals surface area contributed by atoms with Crippen LogP contribution in [0.25, 0.3) is 11.0 Å². The molecule has 0 fully saturated rings. The van der Waals surface area contributed by atoms with Crippen molar-refractivity contribution in [3.8, 4) is 5.75 Å². The van der Waals surface area contributed by atoms with Crippen LogP contribution < -0.4 is 14.8 Å². The van der Waals surface area contributed by atoms with Crippen molar-refractivity contribution in [1.29, 1.82) is 0 Å². The summed E-state index contributed by atoms with van der Waals surface area (Å²) in [5, 5.41) is 7.85. The average molecular weight is 273 g/mol. The fraction of sp³-hybridized carbons (Fsp3) is 0.154. The van der Waals surface area contributed by atoms with Gasteiger partial charge in [-0.25, -0.2) is 4.40 Å². The van der Waals surface area contributed by atoms with E-state index in [-0.39, 0.29) is 5.56 Å². The summed E-state index contributed by atoms with van der Waals surface area (Å²) in [4.78, 5) is 12.9. The third-order valence-electron chi connectivity index (χ3n) is 2.84. The SMILES string of the molecule is COc1ccccc1/C=c1\sc2nnc(C)n2c1=O. The Hall–Kier alpha value is -2.21. The maximum atomic E-state index is 12.2. The van der Waals surface area contributed by atoms with Gasteiger partial charge in [-0.15, -0.1) is 10.2 Å². The second-order valence-corrected chi connectivity index (χ2v) is 5.03. The van der Waals surface area contributed by atoms with Gasteiger partial charge in [-0.2, -0.15) is 0 Å². The predicted molar refractivity (Wildman–Crippen MR) is 73.7 cm³/mol. The molecule has 96 valence electrons. The number of hydrogen-bond donors (Lipinski definition) is 0. The van der Waals surface area contributed by atoms with Crippen molar-refractivity contribution in [1.82, 2.24) is 14.6 Å². The van der Waals surface area contributed by atoms with Gasteiger partial charge in [0.05, 0.1) is 11.6 Å². The number of nitrogens with zero attached hydrogens (tertiary/aromatic N) is 3. The second-order valence-electron chi connectivity index (χ2n) is 4.02. The van der Waals surface area contributed by atoms with Crippen molar-refractivity contribution in [2.45, 2.75) is 6.92 Å². The summed E-state index contributed by atoms with van der Waals surface area (Å²) >= 11 is 1.32. The number of aryl methyl sites for hydroxylation is 1. The summed E-state index contributed by atoms with van der Waals surface area (Å²) in [5.74, 6) is 1.35. The lowest BCUT2D eigenvalue weighted by atomic mass is 10.2. The minimum absolute atomic E-state index is 0.0894. The molecule has 5 nitrogen and oxygen atoms in total. The first-order valence-corrected chi connectivity index (χ1v) is 6.51. The molecule has 0 unspecified atom stereocenters. The number of hydrogen-bond acceptors (Lipinski definition) is 5. The molecule has 0 aliphatic carbocycles. The highest BCUT2D eigenvalue weighted by Crippen LogP contribution is 2.17. The van der Waals surface area contributed by atoms with Crippen LogP contribution in [-0.4, -0.2) is 21.7 Å². The number of benzene rings is 1. The number of fused-ring (bicyclic) bond motifs is 1. The molecule has 0 N–H and O–H groups in total. The Morgan fingerprint density at radius 2 is 2.11 bits per heavy atom. The van der Waals surface area contributed by atoms with Crippen molar-refractivity contribution in [3.63, 3.8) is 0 Å². The van der Waals surface area contributed by atoms with Gasteiger partial charge in [0.2, 0.25) is 4.96 Å². The molecule has 0 saturated heterocycles. The van der Waals surface area contributed by atoms with Crippen LogP contribution in [0.4, 0.5) is 0 Å². The lowest BCUT2D eigenvalue weighted by molar-refractivity contribution is 0.414. The molecule has 0 aliphatic heterocycles. The maximum Gasteiger partial charge on any atom is 0.275 e. The van der Waals surface area contributed by atoms with Crippen molar-refractivity contribution in [2.75, 3.05) is 7.11 Å². The Morgan fingerprint density at radius 3 is 2.84 bits per heavy atom. The van der Waals surface area contributed by atoms with Crippen LogP contribution in [0.15, 0.2) is 29.1 Å². The number of para-hydroxylation sites is 1. The van der Waals surface area contributed by atoms with Gasteiger partial charge >= 0.3 is 0 Å². The summed E-state index contributed by atoms with van der Waals surface area (Å²) in [6.45, 7) is 1.76. The molecular weight excluding hydrogens is 262 g/mol. The molecule has 2 aromatic heterocycles. The molecule has 0 radical (unpaired) electrons. The van der Waals surface area contributed by atoms with E-state index in [4.69, 9.17) is 4.74 Å². The van der Waals surface area contributed by atoms with Crippen LogP contribution in [0.5, 0.6) is 5.75 Å². The largest absolute Gasteiger partial charge is 0.496 e. The van der Waals surface area contributed by atoms with Gasteiger partial charge in [-0.3, -0.25) is 4.79 Å². The number of thiazole rings is 1. The molecule has 0 aliphatic rings. The summed E-state index contributed by atoms with van der Waals surface area (Å²) in [5.41, 5.74) is 0.783. The fourth-order valence-electron chi connectivity index (χ4n) is 1.91. The van der Waals surface area contributed by atoms with Crippen LogP contribution in [0.2, 0.25) is 0 Å². The Morgan fingerprint density at radius 1 is 1.32 bits per heavy atom. The van der Waals surface area contributed by atoms with E-state index in [1.54, 1.807) is 14.0 Å². The maximum absolute atomic E-state index is 12.2. The summed E-state index contributed by atoms with van der Waals surface area (Å²) in [6.07, 6.45) is 1.82. The van der Waals surface area contributed by atoms with Gasteiger partial charge in [0.25, 0.3) is 5.56 Å². The van der Waals surface area contributed by atoms with Gasteiger partial charge < -0.3 is 4.74 Å². The van der Waals surface area contributed by atoms with Gasteiger partial charge in [-0.1, -0.05) is 29.5 Å². The van der Waals surface area contributed by atoms with Crippen molar-refractivity contribution >= 4 is 22.4 Å². The molecule has 0 amide bonds. The highest BCUT2D eigenvalue weighted by atomic mass is 32.1. The lowest BCUT2D eigenvalue weighted by Crippen LogP contribution is -2.23. The van der Waals surface area contributed by atoms with Crippen molar-refractivity contribution in [2.24, 2.45) is 0 Å². The first-order chi connectivity index (χ1) is 9.20. The fourth-order valence-corrected chi connectivity index (χ4v) is 2.86. The first-order valence-electron chi connectivity index (χ1n) is 5.70. The van der Waals surface area contributed by atoms with Crippen LogP contribution >= 0.6 is 11.3 Å². The third kappa shape index (κ3) is 1.90. The average Bonchev–Trinajstić information content (AvgIpc) is 2.93. The van der Waals surface area contributed by atoms with E-state index in [1.807, 2.05) is 30.3 Å². The highest BCUT2D eigenvalue weighted by Gasteiger charge is 2.09. The van der Waals surface area contributed by atoms with E-state index in [0.717, 1.165) is 11.3 Å². The zero-order valence-corrected chi connectivity index (χ0v) is 11.3. The van der Waals surface area contributed by atoms with E-state index in [0.29, 0.717) is 15.3 Å². The van der Waals surface area contributed by atoms with Crippen molar-refractivity contribution < 1.29 is 4.74 Å². The van der Waals surface area contributed by atoms with Gasteiger partial charge in [0.1, 0.15) is 11.6 Å². The van der Waals surface area contributed by atoms with Gasteiger partial charge in [0, 0.05) is 5.56 Å². The smallest absolute Gasteiger partial charge is 0.275 e. The Labute approximate surface area is 112 Å². The van der Waals surface area contributed by atoms with Gasteiger partial charge in [0.15, 0.2) is 0 Å². The van der Waals surface area contributed by atoms with E-state index in [9.17, 15) is 4.79 Å². The highest BCUT2D eigenvalue weighted by molar-refractivity contribution is 7.15. The lowest BCUT2D eigenvalue weighted by Gasteiger charge is -2.02. The molecule has 0 bridgehead atoms. The Balaban J connectivity index is 2.27. The van der Waals surface area contributed by atoms with E-state index >= 15 is 0 Å². The first kappa shape index (κ1) is 11.9. The summed E-state index contributed by atoms with van der Waals surface area (Å²) < 4.78 is 7.42. The summed E-state index contributed by atoms with van der Waals surface area (Å²) in [7, 11) is 1.61. The standard InChI is InChI=1S/C13H11N3O2S/c1-8-14-15-13-16(8)12(17)11(19-13)7-9-5-3-4-6-10(9)18-2/h3-7H,1-2H3/b11-7-. The van der Waals surface area contributed by atoms with Crippen molar-refractivity contribution in [3.05, 3.63) is 50.5 Å². The monoisotopic (exact) mass is 273 g/mol. The third-order valence-corrected chi connectivity index (χ3v) is 3.79. The molecule has 6 heteroatoms. The number of methoxy groups -OCH3 is 1. The molecule has 0 atom stereocenters. The van der Waals surface area contributed by atoms with Crippen LogP contribution in [0.3, 0.4) is 0 Å². The summed E-state index contributed by atoms with van der Waals surface area (Å²) in [6, 6.07) is 7.57. The minimum atomic E-state index is -0.0894. The molecule has 2 heterocycles. The topological polar surface area (TPSA) is 56.5 Å². The van der Waals surface area contributed by atoms with E-state index in [1.165, 1.54) is 15.7 Å². The van der Waals surface area contributed by atoms with E-state index < -0.39 is 0 Å². The molecule has 19 heavy (non-hydrogen) atoms. The zero-order valence-electron chi connectivity index (χ0n) is 10.5. The quantitative estimate of drug-likeness (QED) is 0.699. The number of ether oxygens (including phenoxy) is 1. The van der Waals surface area contributed by atoms with E-state index in [2.05, 4.69) is 10.2 Å². The second kappa shape index (κ2) is 4.47. The molecule has 3 rings (SSSR count). The predicted octanol–water partition coefficient (Wildman–Crippen LogP) is 1.02. The molecule has 1 aromatic carbocycles. The molecule has 3 aromatic rings.